The van der Waals surface area contributed by atoms with Crippen molar-refractivity contribution < 1.29 is 9.53 Å². The molecule has 3 rings (SSSR count). The minimum atomic E-state index is -0.147. The molecule has 1 aromatic carbocycles. The van der Waals surface area contributed by atoms with Crippen molar-refractivity contribution in [2.24, 2.45) is 0 Å². The number of fused-ring (bicyclic) bond motifs is 1. The Morgan fingerprint density at radius 3 is 2.87 bits per heavy atom. The molecule has 1 aromatic rings. The van der Waals surface area contributed by atoms with Crippen LogP contribution in [-0.2, 0) is 9.53 Å². The summed E-state index contributed by atoms with van der Waals surface area (Å²) in [6.07, 6.45) is 1.48. The van der Waals surface area contributed by atoms with Gasteiger partial charge in [0.2, 0.25) is 5.91 Å². The highest BCUT2D eigenvalue weighted by atomic mass is 16.5. The lowest BCUT2D eigenvalue weighted by Gasteiger charge is -2.22. The molecule has 2 saturated heterocycles. The highest BCUT2D eigenvalue weighted by Gasteiger charge is 2.42. The van der Waals surface area contributed by atoms with Gasteiger partial charge in [0.1, 0.15) is 0 Å². The molecule has 2 aliphatic heterocycles. The fourth-order valence-corrected chi connectivity index (χ4v) is 2.40. The summed E-state index contributed by atoms with van der Waals surface area (Å²) in [6, 6.07) is 10.3. The maximum absolute atomic E-state index is 11.7. The van der Waals surface area contributed by atoms with Gasteiger partial charge in [-0.25, -0.2) is 0 Å². The summed E-state index contributed by atoms with van der Waals surface area (Å²) in [5.74, 6) is 0.228. The van der Waals surface area contributed by atoms with Crippen LogP contribution < -0.4 is 0 Å². The number of ether oxygens (including phenoxy) is 1. The summed E-state index contributed by atoms with van der Waals surface area (Å²) in [5, 5.41) is 0. The second kappa shape index (κ2) is 3.35. The van der Waals surface area contributed by atoms with Crippen molar-refractivity contribution in [3.63, 3.8) is 0 Å². The lowest BCUT2D eigenvalue weighted by Crippen LogP contribution is -2.30. The molecule has 78 valence electrons. The van der Waals surface area contributed by atoms with E-state index in [9.17, 15) is 4.79 Å². The van der Waals surface area contributed by atoms with Crippen LogP contribution in [0.1, 0.15) is 24.6 Å². The third-order valence-corrected chi connectivity index (χ3v) is 3.16. The number of amides is 1. The number of carbonyl (C=O) groups excluding carboxylic acids is 1. The standard InChI is InChI=1S/C12H13NO2/c14-11-7-6-10-8-15-12(13(10)11)9-4-2-1-3-5-9/h1-5,10,12H,6-8H2/t10-,12?/m0/s1. The van der Waals surface area contributed by atoms with E-state index in [2.05, 4.69) is 0 Å². The number of carbonyl (C=O) groups is 1. The first-order valence-corrected chi connectivity index (χ1v) is 5.34. The summed E-state index contributed by atoms with van der Waals surface area (Å²) in [7, 11) is 0. The molecule has 2 atom stereocenters. The number of nitrogens with zero attached hydrogens (tertiary/aromatic N) is 1. The highest BCUT2D eigenvalue weighted by Crippen LogP contribution is 2.36. The zero-order valence-corrected chi connectivity index (χ0v) is 8.43. The second-order valence-electron chi connectivity index (χ2n) is 4.09. The molecule has 2 aliphatic rings. The predicted molar refractivity (Wildman–Crippen MR) is 55.0 cm³/mol. The molecular weight excluding hydrogens is 190 g/mol. The van der Waals surface area contributed by atoms with Crippen molar-refractivity contribution in [2.45, 2.75) is 25.1 Å². The fraction of sp³-hybridized carbons (Fsp3) is 0.417. The van der Waals surface area contributed by atoms with Gasteiger partial charge in [-0.1, -0.05) is 30.3 Å². The van der Waals surface area contributed by atoms with Gasteiger partial charge < -0.3 is 9.64 Å². The maximum Gasteiger partial charge on any atom is 0.225 e. The van der Waals surface area contributed by atoms with E-state index < -0.39 is 0 Å². The van der Waals surface area contributed by atoms with Gasteiger partial charge in [0.25, 0.3) is 0 Å². The van der Waals surface area contributed by atoms with E-state index in [1.165, 1.54) is 0 Å². The van der Waals surface area contributed by atoms with Crippen LogP contribution in [0, 0.1) is 0 Å². The molecule has 15 heavy (non-hydrogen) atoms. The Hall–Kier alpha value is -1.35. The Bertz CT molecular complexity index is 376. The molecule has 0 N–H and O–H groups in total. The molecule has 0 aliphatic carbocycles. The topological polar surface area (TPSA) is 29.5 Å². The van der Waals surface area contributed by atoms with Crippen molar-refractivity contribution in [2.75, 3.05) is 6.61 Å². The third kappa shape index (κ3) is 1.35. The maximum atomic E-state index is 11.7. The second-order valence-corrected chi connectivity index (χ2v) is 4.09. The predicted octanol–water partition coefficient (Wildman–Crippen LogP) is 1.71. The van der Waals surface area contributed by atoms with E-state index in [4.69, 9.17) is 4.74 Å². The Labute approximate surface area is 88.6 Å². The van der Waals surface area contributed by atoms with Gasteiger partial charge in [0, 0.05) is 12.0 Å². The summed E-state index contributed by atoms with van der Waals surface area (Å²) in [5.41, 5.74) is 1.08. The summed E-state index contributed by atoms with van der Waals surface area (Å²) < 4.78 is 5.68. The molecule has 0 aromatic heterocycles. The summed E-state index contributed by atoms with van der Waals surface area (Å²) in [6.45, 7) is 0.686. The Balaban J connectivity index is 1.92. The number of rotatable bonds is 1. The van der Waals surface area contributed by atoms with Gasteiger partial charge in [-0.05, 0) is 6.42 Å². The van der Waals surface area contributed by atoms with E-state index in [0.717, 1.165) is 12.0 Å². The van der Waals surface area contributed by atoms with Crippen LogP contribution in [0.3, 0.4) is 0 Å². The first-order valence-electron chi connectivity index (χ1n) is 5.34. The summed E-state index contributed by atoms with van der Waals surface area (Å²) >= 11 is 0. The SMILES string of the molecule is O=C1CC[C@H]2COC(c3ccccc3)N12. The van der Waals surface area contributed by atoms with Crippen LogP contribution in [0.4, 0.5) is 0 Å². The molecule has 2 fully saturated rings. The van der Waals surface area contributed by atoms with E-state index in [1.807, 2.05) is 35.2 Å². The number of benzene rings is 1. The van der Waals surface area contributed by atoms with Crippen LogP contribution in [0.5, 0.6) is 0 Å². The number of hydrogen-bond donors (Lipinski definition) is 0. The largest absolute Gasteiger partial charge is 0.352 e. The zero-order chi connectivity index (χ0) is 10.3. The third-order valence-electron chi connectivity index (χ3n) is 3.16. The van der Waals surface area contributed by atoms with Crippen LogP contribution in [0.25, 0.3) is 0 Å². The van der Waals surface area contributed by atoms with Gasteiger partial charge >= 0.3 is 0 Å². The van der Waals surface area contributed by atoms with Crippen molar-refractivity contribution >= 4 is 5.91 Å². The first kappa shape index (κ1) is 8.92. The molecule has 3 nitrogen and oxygen atoms in total. The highest BCUT2D eigenvalue weighted by molar-refractivity contribution is 5.79. The Morgan fingerprint density at radius 1 is 1.27 bits per heavy atom. The van der Waals surface area contributed by atoms with Crippen molar-refractivity contribution in [1.82, 2.24) is 4.90 Å². The van der Waals surface area contributed by atoms with Crippen molar-refractivity contribution in [1.29, 1.82) is 0 Å². The smallest absolute Gasteiger partial charge is 0.225 e. The average molecular weight is 203 g/mol. The van der Waals surface area contributed by atoms with Gasteiger partial charge in [-0.3, -0.25) is 4.79 Å². The molecule has 3 heteroatoms. The van der Waals surface area contributed by atoms with Gasteiger partial charge in [0.05, 0.1) is 12.6 Å². The van der Waals surface area contributed by atoms with Crippen molar-refractivity contribution in [3.05, 3.63) is 35.9 Å². The van der Waals surface area contributed by atoms with E-state index in [0.29, 0.717) is 19.1 Å². The Morgan fingerprint density at radius 2 is 2.07 bits per heavy atom. The lowest BCUT2D eigenvalue weighted by atomic mass is 10.2. The zero-order valence-electron chi connectivity index (χ0n) is 8.43. The molecule has 2 heterocycles. The summed E-state index contributed by atoms with van der Waals surface area (Å²) in [4.78, 5) is 13.6. The molecule has 0 bridgehead atoms. The minimum absolute atomic E-state index is 0.147. The van der Waals surface area contributed by atoms with E-state index in [-0.39, 0.29) is 12.1 Å². The Kier molecular flexibility index (Phi) is 1.99. The van der Waals surface area contributed by atoms with Gasteiger partial charge in [-0.15, -0.1) is 0 Å². The molecule has 0 spiro atoms. The van der Waals surface area contributed by atoms with E-state index in [1.54, 1.807) is 0 Å². The molecule has 1 unspecified atom stereocenters. The van der Waals surface area contributed by atoms with Crippen LogP contribution in [-0.4, -0.2) is 23.5 Å². The first-order chi connectivity index (χ1) is 7.36. The van der Waals surface area contributed by atoms with Crippen LogP contribution >= 0.6 is 0 Å². The lowest BCUT2D eigenvalue weighted by molar-refractivity contribution is -0.134. The molecule has 0 saturated carbocycles. The van der Waals surface area contributed by atoms with Crippen LogP contribution in [0.2, 0.25) is 0 Å². The quantitative estimate of drug-likeness (QED) is 0.695. The van der Waals surface area contributed by atoms with Crippen molar-refractivity contribution in [3.8, 4) is 0 Å². The average Bonchev–Trinajstić information content (AvgIpc) is 2.84. The molecular formula is C12H13NO2. The van der Waals surface area contributed by atoms with Crippen LogP contribution in [0.15, 0.2) is 30.3 Å². The van der Waals surface area contributed by atoms with Gasteiger partial charge in [-0.2, -0.15) is 0 Å². The number of hydrogen-bond acceptors (Lipinski definition) is 2. The van der Waals surface area contributed by atoms with Gasteiger partial charge in [0.15, 0.2) is 6.23 Å². The fourth-order valence-electron chi connectivity index (χ4n) is 2.40. The normalized spacial score (nSPS) is 29.6. The monoisotopic (exact) mass is 203 g/mol. The minimum Gasteiger partial charge on any atom is -0.352 e. The molecule has 1 amide bonds. The molecule has 0 radical (unpaired) electrons. The van der Waals surface area contributed by atoms with E-state index >= 15 is 0 Å².